The number of terminal acetylenes is 1. The quantitative estimate of drug-likeness (QED) is 0.615. The van der Waals surface area contributed by atoms with Crippen LogP contribution in [0, 0.1) is 12.3 Å². The Balaban J connectivity index is 1.68. The maximum Gasteiger partial charge on any atom is 0.0352 e. The monoisotopic (exact) mass is 228 g/mol. The summed E-state index contributed by atoms with van der Waals surface area (Å²) in [5, 5.41) is 3.42. The molecule has 0 saturated carbocycles. The van der Waals surface area contributed by atoms with Crippen molar-refractivity contribution in [2.45, 2.75) is 19.3 Å². The Morgan fingerprint density at radius 1 is 1.29 bits per heavy atom. The molecule has 0 unspecified atom stereocenters. The fourth-order valence-electron chi connectivity index (χ4n) is 2.26. The first-order valence-electron chi connectivity index (χ1n) is 6.41. The van der Waals surface area contributed by atoms with Crippen molar-refractivity contribution in [3.8, 4) is 12.3 Å². The van der Waals surface area contributed by atoms with Crippen LogP contribution in [-0.2, 0) is 0 Å². The van der Waals surface area contributed by atoms with Crippen molar-refractivity contribution < 1.29 is 0 Å². The minimum Gasteiger partial charge on any atom is -0.385 e. The third-order valence-corrected chi connectivity index (χ3v) is 3.21. The number of hydrogen-bond donors (Lipinski definition) is 1. The van der Waals surface area contributed by atoms with Crippen molar-refractivity contribution in [2.24, 2.45) is 0 Å². The van der Waals surface area contributed by atoms with Crippen LogP contribution in [0.4, 0.5) is 5.69 Å². The summed E-state index contributed by atoms with van der Waals surface area (Å²) in [6, 6.07) is 8.04. The molecule has 0 amide bonds. The van der Waals surface area contributed by atoms with Crippen molar-refractivity contribution in [1.82, 2.24) is 4.90 Å². The predicted molar refractivity (Wildman–Crippen MR) is 73.2 cm³/mol. The highest BCUT2D eigenvalue weighted by Crippen LogP contribution is 2.10. The van der Waals surface area contributed by atoms with Gasteiger partial charge in [0.2, 0.25) is 0 Å². The van der Waals surface area contributed by atoms with Gasteiger partial charge in [-0.1, -0.05) is 12.0 Å². The fourth-order valence-corrected chi connectivity index (χ4v) is 2.26. The fraction of sp³-hybridized carbons (Fsp3) is 0.467. The number of nitrogens with one attached hydrogen (secondary N) is 1. The predicted octanol–water partition coefficient (Wildman–Crippen LogP) is 2.57. The molecule has 0 bridgehead atoms. The molecule has 2 rings (SSSR count). The highest BCUT2D eigenvalue weighted by molar-refractivity contribution is 5.49. The van der Waals surface area contributed by atoms with Crippen LogP contribution in [0.25, 0.3) is 0 Å². The number of rotatable bonds is 5. The first kappa shape index (κ1) is 12.0. The van der Waals surface area contributed by atoms with E-state index in [9.17, 15) is 0 Å². The minimum absolute atomic E-state index is 0.939. The lowest BCUT2D eigenvalue weighted by atomic mass is 10.2. The van der Waals surface area contributed by atoms with E-state index in [1.54, 1.807) is 0 Å². The molecule has 1 aliphatic heterocycles. The Kier molecular flexibility index (Phi) is 4.46. The van der Waals surface area contributed by atoms with Crippen LogP contribution in [0.2, 0.25) is 0 Å². The van der Waals surface area contributed by atoms with E-state index in [4.69, 9.17) is 6.42 Å². The van der Waals surface area contributed by atoms with Crippen molar-refractivity contribution in [3.05, 3.63) is 29.8 Å². The molecule has 17 heavy (non-hydrogen) atoms. The number of likely N-dealkylation sites (tertiary alicyclic amines) is 1. The van der Waals surface area contributed by atoms with E-state index in [1.807, 2.05) is 18.2 Å². The Hall–Kier alpha value is -1.46. The standard InChI is InChI=1S/C15H20N2/c1-2-14-7-5-8-15(13-14)16-9-6-12-17-10-3-4-11-17/h1,5,7-8,13,16H,3-4,6,9-12H2. The van der Waals surface area contributed by atoms with Gasteiger partial charge in [-0.25, -0.2) is 0 Å². The molecule has 90 valence electrons. The van der Waals surface area contributed by atoms with Gasteiger partial charge in [-0.2, -0.15) is 0 Å². The summed E-state index contributed by atoms with van der Waals surface area (Å²) in [6.07, 6.45) is 9.31. The Labute approximate surface area is 104 Å². The molecular formula is C15H20N2. The summed E-state index contributed by atoms with van der Waals surface area (Å²) in [5.74, 6) is 2.65. The molecule has 1 fully saturated rings. The second-order valence-corrected chi connectivity index (χ2v) is 4.55. The molecule has 1 aliphatic rings. The second-order valence-electron chi connectivity index (χ2n) is 4.55. The van der Waals surface area contributed by atoms with E-state index in [0.717, 1.165) is 17.8 Å². The zero-order valence-corrected chi connectivity index (χ0v) is 10.3. The lowest BCUT2D eigenvalue weighted by Crippen LogP contribution is -2.22. The highest BCUT2D eigenvalue weighted by Gasteiger charge is 2.09. The van der Waals surface area contributed by atoms with E-state index in [2.05, 4.69) is 22.2 Å². The summed E-state index contributed by atoms with van der Waals surface area (Å²) < 4.78 is 0. The average Bonchev–Trinajstić information content (AvgIpc) is 2.88. The van der Waals surface area contributed by atoms with Gasteiger partial charge in [0.05, 0.1) is 0 Å². The number of hydrogen-bond acceptors (Lipinski definition) is 2. The molecule has 1 aromatic carbocycles. The second kappa shape index (κ2) is 6.32. The number of anilines is 1. The molecule has 0 radical (unpaired) electrons. The van der Waals surface area contributed by atoms with Crippen LogP contribution < -0.4 is 5.32 Å². The van der Waals surface area contributed by atoms with Crippen molar-refractivity contribution in [2.75, 3.05) is 31.5 Å². The normalized spacial score (nSPS) is 15.7. The number of nitrogens with zero attached hydrogens (tertiary/aromatic N) is 1. The molecular weight excluding hydrogens is 208 g/mol. The SMILES string of the molecule is C#Cc1cccc(NCCCN2CCCC2)c1. The van der Waals surface area contributed by atoms with Crippen molar-refractivity contribution in [3.63, 3.8) is 0 Å². The smallest absolute Gasteiger partial charge is 0.0352 e. The Bertz CT molecular complexity index is 386. The molecule has 0 spiro atoms. The molecule has 1 saturated heterocycles. The average molecular weight is 228 g/mol. The van der Waals surface area contributed by atoms with Crippen LogP contribution >= 0.6 is 0 Å². The lowest BCUT2D eigenvalue weighted by molar-refractivity contribution is 0.337. The maximum absolute atomic E-state index is 5.37. The third-order valence-electron chi connectivity index (χ3n) is 3.21. The molecule has 0 atom stereocenters. The summed E-state index contributed by atoms with van der Waals surface area (Å²) in [7, 11) is 0. The molecule has 1 aromatic rings. The molecule has 1 heterocycles. The Morgan fingerprint density at radius 3 is 2.88 bits per heavy atom. The summed E-state index contributed by atoms with van der Waals surface area (Å²) in [5.41, 5.74) is 2.07. The first-order valence-corrected chi connectivity index (χ1v) is 6.41. The molecule has 2 nitrogen and oxygen atoms in total. The maximum atomic E-state index is 5.37. The van der Waals surface area contributed by atoms with E-state index >= 15 is 0 Å². The zero-order valence-electron chi connectivity index (χ0n) is 10.3. The van der Waals surface area contributed by atoms with Crippen LogP contribution in [0.15, 0.2) is 24.3 Å². The van der Waals surface area contributed by atoms with E-state index in [-0.39, 0.29) is 0 Å². The van der Waals surface area contributed by atoms with Gasteiger partial charge in [-0.3, -0.25) is 0 Å². The van der Waals surface area contributed by atoms with Crippen molar-refractivity contribution >= 4 is 5.69 Å². The van der Waals surface area contributed by atoms with E-state index in [0.29, 0.717) is 0 Å². The van der Waals surface area contributed by atoms with Gasteiger partial charge in [0.1, 0.15) is 0 Å². The minimum atomic E-state index is 0.939. The number of benzene rings is 1. The highest BCUT2D eigenvalue weighted by atomic mass is 15.1. The summed E-state index contributed by atoms with van der Waals surface area (Å²) >= 11 is 0. The molecule has 1 N–H and O–H groups in total. The van der Waals surface area contributed by atoms with Gasteiger partial charge in [-0.15, -0.1) is 6.42 Å². The topological polar surface area (TPSA) is 15.3 Å². The van der Waals surface area contributed by atoms with Crippen LogP contribution in [-0.4, -0.2) is 31.1 Å². The van der Waals surface area contributed by atoms with Crippen molar-refractivity contribution in [1.29, 1.82) is 0 Å². The van der Waals surface area contributed by atoms with Crippen LogP contribution in [0.5, 0.6) is 0 Å². The zero-order chi connectivity index (χ0) is 11.9. The van der Waals surface area contributed by atoms with E-state index < -0.39 is 0 Å². The largest absolute Gasteiger partial charge is 0.385 e. The van der Waals surface area contributed by atoms with E-state index in [1.165, 1.54) is 38.9 Å². The first-order chi connectivity index (χ1) is 8.38. The van der Waals surface area contributed by atoms with Gasteiger partial charge < -0.3 is 10.2 Å². The molecule has 0 aromatic heterocycles. The molecule has 2 heteroatoms. The van der Waals surface area contributed by atoms with Gasteiger partial charge in [0.25, 0.3) is 0 Å². The van der Waals surface area contributed by atoms with Gasteiger partial charge in [-0.05, 0) is 57.1 Å². The van der Waals surface area contributed by atoms with Gasteiger partial charge in [0.15, 0.2) is 0 Å². The van der Waals surface area contributed by atoms with Gasteiger partial charge >= 0.3 is 0 Å². The van der Waals surface area contributed by atoms with Crippen LogP contribution in [0.3, 0.4) is 0 Å². The Morgan fingerprint density at radius 2 is 2.12 bits per heavy atom. The third kappa shape index (κ3) is 3.80. The summed E-state index contributed by atoms with van der Waals surface area (Å²) in [6.45, 7) is 4.80. The molecule has 0 aliphatic carbocycles. The lowest BCUT2D eigenvalue weighted by Gasteiger charge is -2.14. The summed E-state index contributed by atoms with van der Waals surface area (Å²) in [4.78, 5) is 2.54. The van der Waals surface area contributed by atoms with Gasteiger partial charge in [0, 0.05) is 17.8 Å². The van der Waals surface area contributed by atoms with Crippen LogP contribution in [0.1, 0.15) is 24.8 Å².